The molecule has 1 fully saturated rings. The van der Waals surface area contributed by atoms with Crippen LogP contribution in [0.5, 0.6) is 0 Å². The molecule has 0 aromatic heterocycles. The molecule has 3 aromatic carbocycles. The van der Waals surface area contributed by atoms with Crippen LogP contribution in [0.1, 0.15) is 60.7 Å². The maximum atomic E-state index is 14.4. The predicted octanol–water partition coefficient (Wildman–Crippen LogP) is 6.88. The number of halogens is 2. The van der Waals surface area contributed by atoms with Crippen LogP contribution >= 0.6 is 11.6 Å². The zero-order valence-electron chi connectivity index (χ0n) is 21.8. The number of carbonyl (C=O) groups excluding carboxylic acids is 1. The second-order valence-corrected chi connectivity index (χ2v) is 11.9. The first kappa shape index (κ1) is 26.3. The lowest BCUT2D eigenvalue weighted by atomic mass is 9.74. The summed E-state index contributed by atoms with van der Waals surface area (Å²) in [7, 11) is 0. The van der Waals surface area contributed by atoms with E-state index in [0.29, 0.717) is 12.2 Å². The smallest absolute Gasteiger partial charge is 0.288 e. The molecule has 0 bridgehead atoms. The number of likely N-dealkylation sites (tertiary alicyclic amines) is 1. The number of rotatable bonds is 4. The molecule has 0 N–H and O–H groups in total. The lowest BCUT2D eigenvalue weighted by Gasteiger charge is -2.40. The number of nitrogens with zero attached hydrogens (tertiary/aromatic N) is 3. The maximum absolute atomic E-state index is 14.4. The van der Waals surface area contributed by atoms with E-state index in [1.807, 2.05) is 0 Å². The number of nitro benzene ring substituents is 1. The number of carbonyl (C=O) groups is 1. The second-order valence-electron chi connectivity index (χ2n) is 11.5. The Morgan fingerprint density at radius 3 is 2.37 bits per heavy atom. The van der Waals surface area contributed by atoms with Crippen molar-refractivity contribution in [3.63, 3.8) is 0 Å². The van der Waals surface area contributed by atoms with Crippen LogP contribution in [0.15, 0.2) is 60.7 Å². The summed E-state index contributed by atoms with van der Waals surface area (Å²) in [6.07, 6.45) is 1.57. The van der Waals surface area contributed by atoms with E-state index in [4.69, 9.17) is 11.6 Å². The van der Waals surface area contributed by atoms with Gasteiger partial charge in [0.15, 0.2) is 0 Å². The first-order valence-electron chi connectivity index (χ1n) is 12.8. The summed E-state index contributed by atoms with van der Waals surface area (Å²) in [6.45, 7) is 9.52. The number of benzene rings is 3. The quantitative estimate of drug-likeness (QED) is 0.270. The molecule has 2 aliphatic heterocycles. The fourth-order valence-electron chi connectivity index (χ4n) is 5.70. The van der Waals surface area contributed by atoms with Crippen LogP contribution in [0, 0.1) is 15.9 Å². The molecular weight excluding hydrogens is 505 g/mol. The Bertz CT molecular complexity index is 1390. The van der Waals surface area contributed by atoms with E-state index >= 15 is 0 Å². The molecule has 0 radical (unpaired) electrons. The van der Waals surface area contributed by atoms with E-state index in [1.165, 1.54) is 35.4 Å². The van der Waals surface area contributed by atoms with E-state index in [9.17, 15) is 19.3 Å². The third kappa shape index (κ3) is 4.93. The molecule has 1 amide bonds. The van der Waals surface area contributed by atoms with Crippen LogP contribution in [-0.2, 0) is 17.4 Å². The normalized spacial score (nSPS) is 17.0. The highest BCUT2D eigenvalue weighted by Crippen LogP contribution is 2.48. The SMILES string of the molecule is CC(C)(C)c1ccc(CN2CCC3(CC2)CN(C(=O)c2ccc(Cl)c([N+](=O)[O-])c2)c2ccc(F)cc23)cc1. The molecule has 0 atom stereocenters. The Kier molecular flexibility index (Phi) is 6.78. The van der Waals surface area contributed by atoms with Crippen molar-refractivity contribution in [3.05, 3.63) is 104 Å². The molecular formula is C30H31ClFN3O3. The van der Waals surface area contributed by atoms with Crippen LogP contribution in [0.25, 0.3) is 0 Å². The Balaban J connectivity index is 1.35. The van der Waals surface area contributed by atoms with Gasteiger partial charge in [0.2, 0.25) is 0 Å². The van der Waals surface area contributed by atoms with Crippen molar-refractivity contribution in [2.75, 3.05) is 24.5 Å². The molecule has 0 saturated carbocycles. The number of anilines is 1. The van der Waals surface area contributed by atoms with Crippen LogP contribution in [0.4, 0.5) is 15.8 Å². The molecule has 0 unspecified atom stereocenters. The highest BCUT2D eigenvalue weighted by atomic mass is 35.5. The Morgan fingerprint density at radius 2 is 1.74 bits per heavy atom. The molecule has 38 heavy (non-hydrogen) atoms. The zero-order chi connectivity index (χ0) is 27.2. The van der Waals surface area contributed by atoms with Gasteiger partial charge in [-0.25, -0.2) is 4.39 Å². The highest BCUT2D eigenvalue weighted by Gasteiger charge is 2.46. The molecule has 1 saturated heterocycles. The van der Waals surface area contributed by atoms with Gasteiger partial charge in [-0.1, -0.05) is 56.6 Å². The minimum atomic E-state index is -0.597. The van der Waals surface area contributed by atoms with E-state index in [0.717, 1.165) is 38.0 Å². The van der Waals surface area contributed by atoms with Gasteiger partial charge in [-0.2, -0.15) is 0 Å². The van der Waals surface area contributed by atoms with E-state index in [-0.39, 0.29) is 38.8 Å². The van der Waals surface area contributed by atoms with Crippen LogP contribution < -0.4 is 4.90 Å². The summed E-state index contributed by atoms with van der Waals surface area (Å²) in [5, 5.41) is 11.3. The average molecular weight is 536 g/mol. The summed E-state index contributed by atoms with van der Waals surface area (Å²) >= 11 is 5.96. The van der Waals surface area contributed by atoms with Crippen molar-refractivity contribution < 1.29 is 14.1 Å². The van der Waals surface area contributed by atoms with Crippen molar-refractivity contribution in [2.24, 2.45) is 0 Å². The number of hydrogen-bond acceptors (Lipinski definition) is 4. The second kappa shape index (κ2) is 9.79. The topological polar surface area (TPSA) is 66.7 Å². The largest absolute Gasteiger partial charge is 0.307 e. The minimum Gasteiger partial charge on any atom is -0.307 e. The molecule has 6 nitrogen and oxygen atoms in total. The number of amides is 1. The van der Waals surface area contributed by atoms with E-state index in [1.54, 1.807) is 17.0 Å². The number of fused-ring (bicyclic) bond motifs is 2. The standard InChI is InChI=1S/C30H31ClFN3O3/c1-29(2,3)22-7-4-20(5-8-22)18-33-14-12-30(13-15-33)19-34(26-11-9-23(32)17-24(26)30)28(36)21-6-10-25(31)27(16-21)35(37)38/h4-11,16-17H,12-15,18-19H2,1-3H3. The van der Waals surface area contributed by atoms with Gasteiger partial charge in [-0.15, -0.1) is 0 Å². The summed E-state index contributed by atoms with van der Waals surface area (Å²) in [4.78, 5) is 28.4. The fourth-order valence-corrected chi connectivity index (χ4v) is 5.89. The maximum Gasteiger partial charge on any atom is 0.288 e. The molecule has 8 heteroatoms. The van der Waals surface area contributed by atoms with Crippen molar-refractivity contribution in [1.82, 2.24) is 4.90 Å². The minimum absolute atomic E-state index is 0.0210. The Labute approximate surface area is 227 Å². The van der Waals surface area contributed by atoms with Crippen molar-refractivity contribution in [3.8, 4) is 0 Å². The molecule has 3 aromatic rings. The first-order chi connectivity index (χ1) is 18.0. The summed E-state index contributed by atoms with van der Waals surface area (Å²) < 4.78 is 14.4. The van der Waals surface area contributed by atoms with Gasteiger partial charge in [0.25, 0.3) is 11.6 Å². The average Bonchev–Trinajstić information content (AvgIpc) is 3.18. The van der Waals surface area contributed by atoms with E-state index < -0.39 is 4.92 Å². The monoisotopic (exact) mass is 535 g/mol. The zero-order valence-corrected chi connectivity index (χ0v) is 22.6. The third-order valence-electron chi connectivity index (χ3n) is 7.96. The lowest BCUT2D eigenvalue weighted by Crippen LogP contribution is -2.45. The Hall–Kier alpha value is -3.29. The van der Waals surface area contributed by atoms with Gasteiger partial charge in [-0.3, -0.25) is 19.8 Å². The molecule has 2 heterocycles. The summed E-state index contributed by atoms with van der Waals surface area (Å²) in [6, 6.07) is 17.4. The van der Waals surface area contributed by atoms with Gasteiger partial charge < -0.3 is 4.90 Å². The van der Waals surface area contributed by atoms with Crippen LogP contribution in [0.3, 0.4) is 0 Å². The molecule has 0 aliphatic carbocycles. The van der Waals surface area contributed by atoms with Crippen molar-refractivity contribution >= 4 is 28.9 Å². The molecule has 1 spiro atoms. The number of hydrogen-bond donors (Lipinski definition) is 0. The van der Waals surface area contributed by atoms with Crippen LogP contribution in [-0.4, -0.2) is 35.4 Å². The van der Waals surface area contributed by atoms with Gasteiger partial charge in [0.05, 0.1) is 4.92 Å². The molecule has 2 aliphatic rings. The fraction of sp³-hybridized carbons (Fsp3) is 0.367. The summed E-state index contributed by atoms with van der Waals surface area (Å²) in [5.41, 5.74) is 3.69. The Morgan fingerprint density at radius 1 is 1.05 bits per heavy atom. The van der Waals surface area contributed by atoms with E-state index in [2.05, 4.69) is 49.9 Å². The van der Waals surface area contributed by atoms with Crippen LogP contribution in [0.2, 0.25) is 5.02 Å². The first-order valence-corrected chi connectivity index (χ1v) is 13.2. The van der Waals surface area contributed by atoms with Gasteiger partial charge in [0.1, 0.15) is 10.8 Å². The molecule has 198 valence electrons. The summed E-state index contributed by atoms with van der Waals surface area (Å²) in [5.74, 6) is -0.684. The van der Waals surface area contributed by atoms with Gasteiger partial charge >= 0.3 is 0 Å². The number of piperidine rings is 1. The van der Waals surface area contributed by atoms with Gasteiger partial charge in [-0.05, 0) is 78.4 Å². The van der Waals surface area contributed by atoms with Crippen molar-refractivity contribution in [2.45, 2.75) is 51.0 Å². The lowest BCUT2D eigenvalue weighted by molar-refractivity contribution is -0.384. The molecule has 5 rings (SSSR count). The van der Waals surface area contributed by atoms with Gasteiger partial charge in [0, 0.05) is 35.8 Å². The van der Waals surface area contributed by atoms with Crippen molar-refractivity contribution in [1.29, 1.82) is 0 Å². The predicted molar refractivity (Wildman–Crippen MR) is 148 cm³/mol. The highest BCUT2D eigenvalue weighted by molar-refractivity contribution is 6.32. The number of nitro groups is 1. The third-order valence-corrected chi connectivity index (χ3v) is 8.28.